The zero-order valence-electron chi connectivity index (χ0n) is 12.8. The molecule has 0 N–H and O–H groups in total. The Bertz CT molecular complexity index is 604. The molecule has 0 unspecified atom stereocenters. The summed E-state index contributed by atoms with van der Waals surface area (Å²) < 4.78 is 2.46. The number of aromatic nitrogens is 1. The van der Waals surface area contributed by atoms with Crippen LogP contribution in [0.1, 0.15) is 56.2 Å². The molecule has 1 aromatic carbocycles. The van der Waals surface area contributed by atoms with Gasteiger partial charge >= 0.3 is 0 Å². The summed E-state index contributed by atoms with van der Waals surface area (Å²) in [5, 5.41) is 0. The maximum atomic E-state index is 2.46. The number of para-hydroxylation sites is 1. The number of thiazole rings is 1. The molecule has 0 saturated heterocycles. The van der Waals surface area contributed by atoms with Crippen LogP contribution in [0.3, 0.4) is 0 Å². The predicted octanol–water partition coefficient (Wildman–Crippen LogP) is 4.59. The molecule has 0 aliphatic heterocycles. The van der Waals surface area contributed by atoms with E-state index in [2.05, 4.69) is 55.1 Å². The van der Waals surface area contributed by atoms with E-state index in [4.69, 9.17) is 0 Å². The average Bonchev–Trinajstić information content (AvgIpc) is 2.66. The van der Waals surface area contributed by atoms with Crippen LogP contribution < -0.4 is 4.57 Å². The van der Waals surface area contributed by atoms with Crippen molar-refractivity contribution in [1.82, 2.24) is 0 Å². The van der Waals surface area contributed by atoms with Crippen LogP contribution in [0.15, 0.2) is 29.8 Å². The van der Waals surface area contributed by atoms with Crippen molar-refractivity contribution in [2.45, 2.75) is 58.3 Å². The molecule has 0 atom stereocenters. The molecule has 0 spiro atoms. The lowest BCUT2D eigenvalue weighted by Crippen LogP contribution is -2.36. The van der Waals surface area contributed by atoms with Gasteiger partial charge in [0.15, 0.2) is 0 Å². The van der Waals surface area contributed by atoms with Crippen molar-refractivity contribution in [3.8, 4) is 5.69 Å². The summed E-state index contributed by atoms with van der Waals surface area (Å²) in [4.78, 5) is 1.60. The van der Waals surface area contributed by atoms with Crippen molar-refractivity contribution in [3.05, 3.63) is 45.9 Å². The van der Waals surface area contributed by atoms with E-state index in [0.717, 1.165) is 0 Å². The first kappa shape index (κ1) is 13.8. The monoisotopic (exact) mass is 286 g/mol. The van der Waals surface area contributed by atoms with E-state index < -0.39 is 0 Å². The molecule has 1 heterocycles. The molecule has 2 heteroatoms. The fourth-order valence-corrected chi connectivity index (χ4v) is 4.19. The van der Waals surface area contributed by atoms with E-state index in [1.54, 1.807) is 10.6 Å². The van der Waals surface area contributed by atoms with Gasteiger partial charge in [-0.1, -0.05) is 56.7 Å². The van der Waals surface area contributed by atoms with Crippen LogP contribution in [0, 0.1) is 0 Å². The molecule has 0 fully saturated rings. The summed E-state index contributed by atoms with van der Waals surface area (Å²) in [6.45, 7) is 6.91. The Labute approximate surface area is 126 Å². The first-order chi connectivity index (χ1) is 9.57. The molecule has 1 aliphatic rings. The molecular weight excluding hydrogens is 262 g/mol. The fourth-order valence-electron chi connectivity index (χ4n) is 3.12. The van der Waals surface area contributed by atoms with Crippen LogP contribution in [0.4, 0.5) is 0 Å². The van der Waals surface area contributed by atoms with Crippen molar-refractivity contribution >= 4 is 11.3 Å². The van der Waals surface area contributed by atoms with Gasteiger partial charge in [0.1, 0.15) is 0 Å². The number of aryl methyl sites for hydroxylation is 1. The highest BCUT2D eigenvalue weighted by Gasteiger charge is 2.28. The van der Waals surface area contributed by atoms with Gasteiger partial charge < -0.3 is 0 Å². The van der Waals surface area contributed by atoms with Gasteiger partial charge in [-0.2, -0.15) is 4.57 Å². The SMILES string of the molecule is CC(C)(C)c1ccccc1-[n+]1csc2c1CCCCC2. The number of nitrogens with zero attached hydrogens (tertiary/aromatic N) is 1. The summed E-state index contributed by atoms with van der Waals surface area (Å²) in [6, 6.07) is 8.88. The van der Waals surface area contributed by atoms with Gasteiger partial charge in [0, 0.05) is 18.1 Å². The number of fused-ring (bicyclic) bond motifs is 1. The number of rotatable bonds is 1. The van der Waals surface area contributed by atoms with Crippen LogP contribution in [0.5, 0.6) is 0 Å². The molecule has 106 valence electrons. The Morgan fingerprint density at radius 3 is 2.55 bits per heavy atom. The Balaban J connectivity index is 2.13. The van der Waals surface area contributed by atoms with Gasteiger partial charge in [0.25, 0.3) is 0 Å². The molecule has 1 aromatic heterocycles. The normalized spacial score (nSPS) is 15.8. The minimum absolute atomic E-state index is 0.184. The quantitative estimate of drug-likeness (QED) is 0.533. The van der Waals surface area contributed by atoms with Crippen molar-refractivity contribution in [2.24, 2.45) is 0 Å². The Morgan fingerprint density at radius 2 is 1.75 bits per heavy atom. The number of hydrogen-bond donors (Lipinski definition) is 0. The highest BCUT2D eigenvalue weighted by molar-refractivity contribution is 7.09. The minimum Gasteiger partial charge on any atom is -0.154 e. The third-order valence-corrected chi connectivity index (χ3v) is 5.24. The molecule has 0 amide bonds. The van der Waals surface area contributed by atoms with Gasteiger partial charge in [-0.25, -0.2) is 0 Å². The van der Waals surface area contributed by atoms with Crippen LogP contribution in [-0.4, -0.2) is 0 Å². The molecular formula is C18H24NS+. The van der Waals surface area contributed by atoms with E-state index in [-0.39, 0.29) is 5.41 Å². The molecule has 0 saturated carbocycles. The summed E-state index contributed by atoms with van der Waals surface area (Å²) in [6.07, 6.45) is 6.57. The lowest BCUT2D eigenvalue weighted by atomic mass is 9.85. The van der Waals surface area contributed by atoms with E-state index in [9.17, 15) is 0 Å². The molecule has 3 rings (SSSR count). The third-order valence-electron chi connectivity index (χ3n) is 4.20. The molecule has 0 bridgehead atoms. The first-order valence-corrected chi connectivity index (χ1v) is 8.56. The lowest BCUT2D eigenvalue weighted by Gasteiger charge is -2.19. The lowest BCUT2D eigenvalue weighted by molar-refractivity contribution is -0.599. The highest BCUT2D eigenvalue weighted by atomic mass is 32.1. The Hall–Kier alpha value is -1.15. The average molecular weight is 286 g/mol. The summed E-state index contributed by atoms with van der Waals surface area (Å²) in [5.41, 5.74) is 6.88. The van der Waals surface area contributed by atoms with Crippen LogP contribution in [0.2, 0.25) is 0 Å². The van der Waals surface area contributed by atoms with Gasteiger partial charge in [0.05, 0.1) is 4.88 Å². The first-order valence-electron chi connectivity index (χ1n) is 7.68. The van der Waals surface area contributed by atoms with E-state index in [1.807, 2.05) is 11.3 Å². The second-order valence-corrected chi connectivity index (χ2v) is 7.73. The van der Waals surface area contributed by atoms with Crippen LogP contribution in [0.25, 0.3) is 5.69 Å². The predicted molar refractivity (Wildman–Crippen MR) is 85.8 cm³/mol. The standard InChI is InChI=1S/C18H24NS/c1-18(2,3)14-9-7-8-10-15(14)19-13-20-17-12-6-4-5-11-16(17)19/h7-10,13H,4-6,11-12H2,1-3H3/q+1. The van der Waals surface area contributed by atoms with E-state index >= 15 is 0 Å². The second kappa shape index (κ2) is 5.33. The van der Waals surface area contributed by atoms with Gasteiger partial charge in [-0.05, 0) is 24.7 Å². The molecule has 1 aliphatic carbocycles. The zero-order valence-corrected chi connectivity index (χ0v) is 13.6. The maximum absolute atomic E-state index is 2.46. The smallest absolute Gasteiger partial charge is 0.154 e. The topological polar surface area (TPSA) is 3.88 Å². The third kappa shape index (κ3) is 2.54. The van der Waals surface area contributed by atoms with Gasteiger partial charge in [-0.3, -0.25) is 0 Å². The minimum atomic E-state index is 0.184. The number of benzene rings is 1. The molecule has 1 nitrogen and oxygen atoms in total. The molecule has 2 aromatic rings. The van der Waals surface area contributed by atoms with Crippen molar-refractivity contribution in [3.63, 3.8) is 0 Å². The van der Waals surface area contributed by atoms with Crippen LogP contribution in [-0.2, 0) is 18.3 Å². The Morgan fingerprint density at radius 1 is 1.00 bits per heavy atom. The molecule has 0 radical (unpaired) electrons. The summed E-state index contributed by atoms with van der Waals surface area (Å²) in [7, 11) is 0. The summed E-state index contributed by atoms with van der Waals surface area (Å²) in [5.74, 6) is 0. The van der Waals surface area contributed by atoms with E-state index in [1.165, 1.54) is 43.4 Å². The summed E-state index contributed by atoms with van der Waals surface area (Å²) >= 11 is 1.94. The van der Waals surface area contributed by atoms with Crippen molar-refractivity contribution in [2.75, 3.05) is 0 Å². The van der Waals surface area contributed by atoms with Gasteiger partial charge in [0.2, 0.25) is 16.9 Å². The van der Waals surface area contributed by atoms with Crippen LogP contribution >= 0.6 is 11.3 Å². The zero-order chi connectivity index (χ0) is 14.2. The molecule has 20 heavy (non-hydrogen) atoms. The van der Waals surface area contributed by atoms with Crippen molar-refractivity contribution in [1.29, 1.82) is 0 Å². The highest BCUT2D eigenvalue weighted by Crippen LogP contribution is 2.28. The fraction of sp³-hybridized carbons (Fsp3) is 0.500. The Kier molecular flexibility index (Phi) is 3.68. The maximum Gasteiger partial charge on any atom is 0.231 e. The number of hydrogen-bond acceptors (Lipinski definition) is 1. The van der Waals surface area contributed by atoms with Gasteiger partial charge in [-0.15, -0.1) is 0 Å². The second-order valence-electron chi connectivity index (χ2n) is 6.79. The van der Waals surface area contributed by atoms with Crippen molar-refractivity contribution < 1.29 is 4.57 Å². The van der Waals surface area contributed by atoms with E-state index in [0.29, 0.717) is 0 Å². The largest absolute Gasteiger partial charge is 0.231 e.